The second-order valence-electron chi connectivity index (χ2n) is 5.27. The number of hydrogen-bond acceptors (Lipinski definition) is 4. The van der Waals surface area contributed by atoms with Crippen molar-refractivity contribution in [1.82, 2.24) is 9.88 Å². The number of pyridine rings is 1. The van der Waals surface area contributed by atoms with Crippen LogP contribution in [0, 0.1) is 5.82 Å². The topological polar surface area (TPSA) is 59.5 Å². The van der Waals surface area contributed by atoms with Crippen LogP contribution in [0.25, 0.3) is 0 Å². The van der Waals surface area contributed by atoms with E-state index in [9.17, 15) is 14.0 Å². The third kappa shape index (κ3) is 5.63. The van der Waals surface area contributed by atoms with Gasteiger partial charge in [0.15, 0.2) is 0 Å². The first-order valence-corrected chi connectivity index (χ1v) is 8.59. The predicted molar refractivity (Wildman–Crippen MR) is 94.3 cm³/mol. The first-order chi connectivity index (χ1) is 12.0. The summed E-state index contributed by atoms with van der Waals surface area (Å²) >= 11 is 3.21. The number of amides is 1. The fourth-order valence-corrected chi connectivity index (χ4v) is 2.78. The Labute approximate surface area is 153 Å². The van der Waals surface area contributed by atoms with Gasteiger partial charge in [0.25, 0.3) is 5.91 Å². The fraction of sp³-hybridized carbons (Fsp3) is 0.278. The summed E-state index contributed by atoms with van der Waals surface area (Å²) in [5.41, 5.74) is 1.16. The van der Waals surface area contributed by atoms with Gasteiger partial charge in [-0.15, -0.1) is 0 Å². The van der Waals surface area contributed by atoms with E-state index in [0.717, 1.165) is 5.56 Å². The monoisotopic (exact) mass is 408 g/mol. The van der Waals surface area contributed by atoms with Crippen molar-refractivity contribution in [3.8, 4) is 0 Å². The van der Waals surface area contributed by atoms with Crippen LogP contribution in [0.2, 0.25) is 0 Å². The number of rotatable bonds is 7. The lowest BCUT2D eigenvalue weighted by atomic mass is 10.1. The zero-order valence-electron chi connectivity index (χ0n) is 13.7. The lowest BCUT2D eigenvalue weighted by Crippen LogP contribution is -2.33. The normalized spacial score (nSPS) is 10.4. The summed E-state index contributed by atoms with van der Waals surface area (Å²) in [6, 6.07) is 7.50. The molecule has 0 spiro atoms. The minimum absolute atomic E-state index is 0.0820. The number of benzene rings is 1. The zero-order valence-corrected chi connectivity index (χ0v) is 15.3. The average molecular weight is 409 g/mol. The third-order valence-corrected chi connectivity index (χ3v) is 4.09. The molecular weight excluding hydrogens is 391 g/mol. The van der Waals surface area contributed by atoms with Gasteiger partial charge in [-0.05, 0) is 52.7 Å². The second-order valence-corrected chi connectivity index (χ2v) is 6.12. The minimum atomic E-state index is -0.436. The molecule has 1 amide bonds. The van der Waals surface area contributed by atoms with Gasteiger partial charge in [-0.25, -0.2) is 4.39 Å². The van der Waals surface area contributed by atoms with Gasteiger partial charge in [0, 0.05) is 30.0 Å². The summed E-state index contributed by atoms with van der Waals surface area (Å²) in [5, 5.41) is 0. The van der Waals surface area contributed by atoms with Gasteiger partial charge in [0.1, 0.15) is 5.82 Å². The van der Waals surface area contributed by atoms with E-state index in [4.69, 9.17) is 4.74 Å². The first kappa shape index (κ1) is 19.1. The van der Waals surface area contributed by atoms with E-state index in [1.807, 2.05) is 6.07 Å². The Morgan fingerprint density at radius 1 is 1.32 bits per heavy atom. The molecule has 1 aromatic carbocycles. The van der Waals surface area contributed by atoms with Gasteiger partial charge in [-0.1, -0.05) is 6.07 Å². The molecule has 0 aliphatic rings. The highest BCUT2D eigenvalue weighted by Crippen LogP contribution is 2.21. The van der Waals surface area contributed by atoms with Crippen LogP contribution in [-0.4, -0.2) is 34.9 Å². The van der Waals surface area contributed by atoms with Crippen molar-refractivity contribution in [1.29, 1.82) is 0 Å². The van der Waals surface area contributed by atoms with Crippen molar-refractivity contribution in [2.45, 2.75) is 19.9 Å². The van der Waals surface area contributed by atoms with Gasteiger partial charge in [0.05, 0.1) is 18.6 Å². The summed E-state index contributed by atoms with van der Waals surface area (Å²) in [4.78, 5) is 30.0. The Morgan fingerprint density at radius 2 is 2.12 bits per heavy atom. The van der Waals surface area contributed by atoms with Crippen molar-refractivity contribution in [2.75, 3.05) is 13.2 Å². The first-order valence-electron chi connectivity index (χ1n) is 7.80. The maximum atomic E-state index is 13.3. The number of esters is 1. The van der Waals surface area contributed by atoms with E-state index in [0.29, 0.717) is 16.6 Å². The number of carbonyl (C=O) groups excluding carboxylic acids is 2. The standard InChI is InChI=1S/C18H18BrFN2O3/c1-2-25-17(23)7-9-22(12-13-4-3-8-21-11-13)18(24)15-6-5-14(20)10-16(15)19/h3-6,8,10-11H,2,7,9,12H2,1H3. The van der Waals surface area contributed by atoms with E-state index in [-0.39, 0.29) is 31.4 Å². The molecule has 0 N–H and O–H groups in total. The number of hydrogen-bond donors (Lipinski definition) is 0. The van der Waals surface area contributed by atoms with Crippen LogP contribution in [0.15, 0.2) is 47.2 Å². The summed E-state index contributed by atoms with van der Waals surface area (Å²) in [5.74, 6) is -1.11. The molecule has 0 aliphatic heterocycles. The molecule has 0 saturated heterocycles. The average Bonchev–Trinajstić information content (AvgIpc) is 2.59. The third-order valence-electron chi connectivity index (χ3n) is 3.44. The van der Waals surface area contributed by atoms with Gasteiger partial charge in [-0.2, -0.15) is 0 Å². The largest absolute Gasteiger partial charge is 0.466 e. The second kappa shape index (κ2) is 9.27. The quantitative estimate of drug-likeness (QED) is 0.656. The highest BCUT2D eigenvalue weighted by Gasteiger charge is 2.20. The highest BCUT2D eigenvalue weighted by molar-refractivity contribution is 9.10. The number of nitrogens with zero attached hydrogens (tertiary/aromatic N) is 2. The molecule has 0 unspecified atom stereocenters. The van der Waals surface area contributed by atoms with Gasteiger partial charge < -0.3 is 9.64 Å². The van der Waals surface area contributed by atoms with E-state index in [1.54, 1.807) is 25.4 Å². The molecule has 2 rings (SSSR count). The van der Waals surface area contributed by atoms with Crippen LogP contribution >= 0.6 is 15.9 Å². The van der Waals surface area contributed by atoms with Crippen LogP contribution in [0.5, 0.6) is 0 Å². The van der Waals surface area contributed by atoms with Crippen LogP contribution in [0.3, 0.4) is 0 Å². The smallest absolute Gasteiger partial charge is 0.307 e. The molecule has 0 radical (unpaired) electrons. The molecule has 0 fully saturated rings. The number of carbonyl (C=O) groups is 2. The summed E-state index contributed by atoms with van der Waals surface area (Å²) in [6.45, 7) is 2.50. The van der Waals surface area contributed by atoms with Gasteiger partial charge >= 0.3 is 5.97 Å². The Bertz CT molecular complexity index is 740. The molecule has 132 valence electrons. The SMILES string of the molecule is CCOC(=O)CCN(Cc1cccnc1)C(=O)c1ccc(F)cc1Br. The summed E-state index contributed by atoms with van der Waals surface area (Å²) < 4.78 is 18.6. The maximum absolute atomic E-state index is 13.3. The molecule has 0 saturated carbocycles. The lowest BCUT2D eigenvalue weighted by Gasteiger charge is -2.23. The maximum Gasteiger partial charge on any atom is 0.307 e. The number of aromatic nitrogens is 1. The van der Waals surface area contributed by atoms with Crippen molar-refractivity contribution in [2.24, 2.45) is 0 Å². The van der Waals surface area contributed by atoms with Crippen molar-refractivity contribution >= 4 is 27.8 Å². The minimum Gasteiger partial charge on any atom is -0.466 e. The molecule has 5 nitrogen and oxygen atoms in total. The van der Waals surface area contributed by atoms with E-state index >= 15 is 0 Å². The van der Waals surface area contributed by atoms with Crippen molar-refractivity contribution < 1.29 is 18.7 Å². The number of halogens is 2. The van der Waals surface area contributed by atoms with Gasteiger partial charge in [0.2, 0.25) is 0 Å². The Kier molecular flexibility index (Phi) is 7.06. The number of ether oxygens (including phenoxy) is 1. The van der Waals surface area contributed by atoms with E-state index < -0.39 is 5.82 Å². The summed E-state index contributed by atoms with van der Waals surface area (Å²) in [7, 11) is 0. The Morgan fingerprint density at radius 3 is 2.76 bits per heavy atom. The molecule has 1 heterocycles. The van der Waals surface area contributed by atoms with Crippen LogP contribution < -0.4 is 0 Å². The Balaban J connectivity index is 2.19. The molecule has 25 heavy (non-hydrogen) atoms. The van der Waals surface area contributed by atoms with Crippen molar-refractivity contribution in [3.05, 3.63) is 64.1 Å². The molecule has 7 heteroatoms. The van der Waals surface area contributed by atoms with E-state index in [2.05, 4.69) is 20.9 Å². The molecular formula is C18H18BrFN2O3. The molecule has 0 aliphatic carbocycles. The lowest BCUT2D eigenvalue weighted by molar-refractivity contribution is -0.143. The molecule has 1 aromatic heterocycles. The zero-order chi connectivity index (χ0) is 18.2. The Hall–Kier alpha value is -2.28. The molecule has 0 bridgehead atoms. The fourth-order valence-electron chi connectivity index (χ4n) is 2.26. The summed E-state index contributed by atoms with van der Waals surface area (Å²) in [6.07, 6.45) is 3.38. The predicted octanol–water partition coefficient (Wildman–Crippen LogP) is 3.58. The van der Waals surface area contributed by atoms with Crippen LogP contribution in [0.4, 0.5) is 4.39 Å². The molecule has 2 aromatic rings. The van der Waals surface area contributed by atoms with Crippen LogP contribution in [-0.2, 0) is 16.1 Å². The van der Waals surface area contributed by atoms with Crippen LogP contribution in [0.1, 0.15) is 29.3 Å². The van der Waals surface area contributed by atoms with Crippen molar-refractivity contribution in [3.63, 3.8) is 0 Å². The van der Waals surface area contributed by atoms with E-state index in [1.165, 1.54) is 23.1 Å². The van der Waals surface area contributed by atoms with Gasteiger partial charge in [-0.3, -0.25) is 14.6 Å². The highest BCUT2D eigenvalue weighted by atomic mass is 79.9. The molecule has 0 atom stereocenters.